The Morgan fingerprint density at radius 3 is 3.09 bits per heavy atom. The van der Waals surface area contributed by atoms with Crippen LogP contribution < -0.4 is 0 Å². The van der Waals surface area contributed by atoms with Gasteiger partial charge in [0.1, 0.15) is 0 Å². The Balaban J connectivity index is 2.90. The van der Waals surface area contributed by atoms with Gasteiger partial charge in [-0.25, -0.2) is 9.78 Å². The third kappa shape index (κ3) is 1.71. The van der Waals surface area contributed by atoms with Crippen LogP contribution >= 0.6 is 11.3 Å². The van der Waals surface area contributed by atoms with E-state index in [1.54, 1.807) is 10.9 Å². The Bertz CT molecular complexity index is 307. The Hall–Kier alpha value is -1.50. The van der Waals surface area contributed by atoms with Crippen LogP contribution in [-0.4, -0.2) is 11.1 Å². The molecule has 1 aromatic heterocycles. The number of rotatable bonds is 2. The molecule has 0 bridgehead atoms. The lowest BCUT2D eigenvalue weighted by Gasteiger charge is -1.91. The number of aromatic nitrogens is 1. The largest absolute Gasteiger partial charge is 0.246 e. The molecule has 1 atom stereocenters. The van der Waals surface area contributed by atoms with Crippen LogP contribution in [0.4, 0.5) is 0 Å². The standard InChI is InChI=1S/C6H3N3OS/c7-1-5(8-3-10)6-2-11-4-9-6/h2,4-5H. The molecule has 0 N–H and O–H groups in total. The highest BCUT2D eigenvalue weighted by Crippen LogP contribution is 2.14. The van der Waals surface area contributed by atoms with Gasteiger partial charge in [0.05, 0.1) is 17.3 Å². The molecule has 0 aliphatic rings. The molecule has 0 spiro atoms. The SMILES string of the molecule is N#CC(N=C=O)c1cscn1. The average Bonchev–Trinajstić information content (AvgIpc) is 2.52. The van der Waals surface area contributed by atoms with E-state index in [2.05, 4.69) is 9.98 Å². The molecule has 11 heavy (non-hydrogen) atoms. The lowest BCUT2D eigenvalue weighted by molar-refractivity contribution is 0.561. The number of nitriles is 1. The van der Waals surface area contributed by atoms with Crippen molar-refractivity contribution >= 4 is 17.4 Å². The molecule has 0 fully saturated rings. The second-order valence-corrected chi connectivity index (χ2v) is 2.38. The minimum atomic E-state index is -0.793. The number of aliphatic imine (C=N–C) groups is 1. The quantitative estimate of drug-likeness (QED) is 0.485. The summed E-state index contributed by atoms with van der Waals surface area (Å²) >= 11 is 1.36. The van der Waals surface area contributed by atoms with E-state index < -0.39 is 6.04 Å². The molecule has 1 heterocycles. The molecule has 0 aliphatic carbocycles. The second kappa shape index (κ2) is 3.62. The van der Waals surface area contributed by atoms with Gasteiger partial charge in [0, 0.05) is 5.38 Å². The summed E-state index contributed by atoms with van der Waals surface area (Å²) in [6.07, 6.45) is 1.32. The number of hydrogen-bond acceptors (Lipinski definition) is 5. The van der Waals surface area contributed by atoms with Crippen LogP contribution in [-0.2, 0) is 4.79 Å². The van der Waals surface area contributed by atoms with E-state index in [1.807, 2.05) is 6.07 Å². The molecule has 1 rings (SSSR count). The van der Waals surface area contributed by atoms with Crippen LogP contribution in [0, 0.1) is 11.3 Å². The van der Waals surface area contributed by atoms with Crippen LogP contribution in [0.25, 0.3) is 0 Å². The lowest BCUT2D eigenvalue weighted by atomic mass is 10.3. The van der Waals surface area contributed by atoms with Gasteiger partial charge in [-0.3, -0.25) is 0 Å². The van der Waals surface area contributed by atoms with Crippen molar-refractivity contribution in [3.8, 4) is 6.07 Å². The Morgan fingerprint density at radius 2 is 2.64 bits per heavy atom. The zero-order valence-electron chi connectivity index (χ0n) is 5.39. The van der Waals surface area contributed by atoms with Gasteiger partial charge in [-0.2, -0.15) is 10.3 Å². The zero-order chi connectivity index (χ0) is 8.10. The molecule has 0 saturated heterocycles. The summed E-state index contributed by atoms with van der Waals surface area (Å²) in [7, 11) is 0. The fourth-order valence-corrected chi connectivity index (χ4v) is 1.14. The van der Waals surface area contributed by atoms with Crippen LogP contribution in [0.2, 0.25) is 0 Å². The predicted octanol–water partition coefficient (Wildman–Crippen LogP) is 1.04. The molecule has 0 saturated carbocycles. The fourth-order valence-electron chi connectivity index (χ4n) is 0.571. The first kappa shape index (κ1) is 7.61. The van der Waals surface area contributed by atoms with Crippen LogP contribution in [0.15, 0.2) is 15.9 Å². The summed E-state index contributed by atoms with van der Waals surface area (Å²) in [4.78, 5) is 16.9. The zero-order valence-corrected chi connectivity index (χ0v) is 6.21. The van der Waals surface area contributed by atoms with Crippen molar-refractivity contribution in [2.45, 2.75) is 6.04 Å². The van der Waals surface area contributed by atoms with Gasteiger partial charge in [-0.1, -0.05) is 0 Å². The van der Waals surface area contributed by atoms with Crippen LogP contribution in [0.5, 0.6) is 0 Å². The summed E-state index contributed by atoms with van der Waals surface area (Å²) in [6.45, 7) is 0. The highest BCUT2D eigenvalue weighted by Gasteiger charge is 2.09. The maximum atomic E-state index is 9.80. The van der Waals surface area contributed by atoms with Gasteiger partial charge in [0.15, 0.2) is 6.04 Å². The first-order valence-corrected chi connectivity index (χ1v) is 3.67. The number of carbonyl (C=O) groups excluding carboxylic acids is 1. The second-order valence-electron chi connectivity index (χ2n) is 1.67. The molecule has 0 radical (unpaired) electrons. The smallest absolute Gasteiger partial charge is 0.236 e. The topological polar surface area (TPSA) is 66.1 Å². The lowest BCUT2D eigenvalue weighted by Crippen LogP contribution is -1.90. The molecular weight excluding hydrogens is 162 g/mol. The van der Waals surface area contributed by atoms with E-state index in [1.165, 1.54) is 17.4 Å². The third-order valence-corrected chi connectivity index (χ3v) is 1.64. The van der Waals surface area contributed by atoms with Crippen molar-refractivity contribution in [1.82, 2.24) is 4.98 Å². The first-order chi connectivity index (χ1) is 5.38. The number of thiazole rings is 1. The van der Waals surface area contributed by atoms with Gasteiger partial charge in [0.2, 0.25) is 6.08 Å². The summed E-state index contributed by atoms with van der Waals surface area (Å²) in [5.74, 6) is 0. The number of nitrogens with zero attached hydrogens (tertiary/aromatic N) is 3. The van der Waals surface area contributed by atoms with E-state index in [4.69, 9.17) is 5.26 Å². The van der Waals surface area contributed by atoms with E-state index in [9.17, 15) is 4.79 Å². The molecule has 0 amide bonds. The molecule has 0 aliphatic heterocycles. The summed E-state index contributed by atoms with van der Waals surface area (Å²) in [5, 5.41) is 10.1. The first-order valence-electron chi connectivity index (χ1n) is 2.73. The summed E-state index contributed by atoms with van der Waals surface area (Å²) in [6, 6.07) is 1.03. The van der Waals surface area contributed by atoms with Gasteiger partial charge in [0.25, 0.3) is 0 Å². The van der Waals surface area contributed by atoms with E-state index in [0.717, 1.165) is 0 Å². The Labute approximate surface area is 66.8 Å². The number of isocyanates is 1. The third-order valence-electron chi connectivity index (χ3n) is 1.04. The highest BCUT2D eigenvalue weighted by atomic mass is 32.1. The average molecular weight is 165 g/mol. The monoisotopic (exact) mass is 165 g/mol. The summed E-state index contributed by atoms with van der Waals surface area (Å²) in [5.41, 5.74) is 2.08. The van der Waals surface area contributed by atoms with Gasteiger partial charge in [-0.05, 0) is 0 Å². The highest BCUT2D eigenvalue weighted by molar-refractivity contribution is 7.07. The van der Waals surface area contributed by atoms with Crippen molar-refractivity contribution < 1.29 is 4.79 Å². The maximum absolute atomic E-state index is 9.80. The van der Waals surface area contributed by atoms with Crippen molar-refractivity contribution in [2.24, 2.45) is 4.99 Å². The molecular formula is C6H3N3OS. The molecule has 54 valence electrons. The molecule has 1 aromatic rings. The van der Waals surface area contributed by atoms with Crippen LogP contribution in [0.1, 0.15) is 11.7 Å². The van der Waals surface area contributed by atoms with Crippen molar-refractivity contribution in [2.75, 3.05) is 0 Å². The van der Waals surface area contributed by atoms with E-state index in [-0.39, 0.29) is 0 Å². The minimum Gasteiger partial charge on any atom is -0.246 e. The van der Waals surface area contributed by atoms with Crippen LogP contribution in [0.3, 0.4) is 0 Å². The number of hydrogen-bond donors (Lipinski definition) is 0. The minimum absolute atomic E-state index is 0.501. The van der Waals surface area contributed by atoms with E-state index >= 15 is 0 Å². The molecule has 5 heteroatoms. The van der Waals surface area contributed by atoms with Gasteiger partial charge < -0.3 is 0 Å². The predicted molar refractivity (Wildman–Crippen MR) is 38.6 cm³/mol. The van der Waals surface area contributed by atoms with Crippen molar-refractivity contribution in [3.63, 3.8) is 0 Å². The molecule has 4 nitrogen and oxygen atoms in total. The normalized spacial score (nSPS) is 11.2. The summed E-state index contributed by atoms with van der Waals surface area (Å²) < 4.78 is 0. The van der Waals surface area contributed by atoms with Gasteiger partial charge in [-0.15, -0.1) is 11.3 Å². The van der Waals surface area contributed by atoms with Crippen molar-refractivity contribution in [1.29, 1.82) is 5.26 Å². The van der Waals surface area contributed by atoms with Crippen molar-refractivity contribution in [3.05, 3.63) is 16.6 Å². The Morgan fingerprint density at radius 1 is 1.82 bits per heavy atom. The Kier molecular flexibility index (Phi) is 2.50. The van der Waals surface area contributed by atoms with Gasteiger partial charge >= 0.3 is 0 Å². The fraction of sp³-hybridized carbons (Fsp3) is 0.167. The van der Waals surface area contributed by atoms with E-state index in [0.29, 0.717) is 5.69 Å². The maximum Gasteiger partial charge on any atom is 0.236 e. The molecule has 0 aromatic carbocycles. The molecule has 1 unspecified atom stereocenters.